The summed E-state index contributed by atoms with van der Waals surface area (Å²) in [5.74, 6) is 0.921. The van der Waals surface area contributed by atoms with Gasteiger partial charge in [0, 0.05) is 12.8 Å². The van der Waals surface area contributed by atoms with Gasteiger partial charge in [-0.25, -0.2) is 0 Å². The van der Waals surface area contributed by atoms with Gasteiger partial charge in [-0.05, 0) is 111 Å². The minimum atomic E-state index is -0.0792. The van der Waals surface area contributed by atoms with Gasteiger partial charge >= 0.3 is 5.97 Å². The van der Waals surface area contributed by atoms with E-state index in [-0.39, 0.29) is 5.97 Å². The molecular formula is C45H85NO3. The van der Waals surface area contributed by atoms with Gasteiger partial charge < -0.3 is 14.4 Å². The number of hydrogen-bond donors (Lipinski definition) is 0. The number of hydrogen-bond acceptors (Lipinski definition) is 4. The van der Waals surface area contributed by atoms with Gasteiger partial charge in [-0.3, -0.25) is 4.79 Å². The SMILES string of the molecule is C=C(CCCN(C)C)OC(CCCCCCCC/C=C\CCCCCCCC)CCCCCCCC/C=C\CCCCCCCC(=O)OC. The maximum atomic E-state index is 11.1. The van der Waals surface area contributed by atoms with E-state index in [9.17, 15) is 4.79 Å². The fraction of sp³-hybridized carbons (Fsp3) is 0.844. The summed E-state index contributed by atoms with van der Waals surface area (Å²) in [5.41, 5.74) is 0. The number of esters is 1. The molecule has 0 fully saturated rings. The lowest BCUT2D eigenvalue weighted by atomic mass is 10.0. The van der Waals surface area contributed by atoms with E-state index in [4.69, 9.17) is 9.47 Å². The Morgan fingerprint density at radius 2 is 0.939 bits per heavy atom. The molecule has 0 aliphatic heterocycles. The third-order valence-electron chi connectivity index (χ3n) is 9.73. The molecule has 0 heterocycles. The first-order valence-electron chi connectivity index (χ1n) is 21.4. The van der Waals surface area contributed by atoms with E-state index >= 15 is 0 Å². The average molecular weight is 688 g/mol. The van der Waals surface area contributed by atoms with Crippen molar-refractivity contribution in [1.29, 1.82) is 0 Å². The molecule has 4 heteroatoms. The van der Waals surface area contributed by atoms with Gasteiger partial charge in [-0.2, -0.15) is 0 Å². The topological polar surface area (TPSA) is 38.8 Å². The second kappa shape index (κ2) is 39.2. The third kappa shape index (κ3) is 39.1. The highest BCUT2D eigenvalue weighted by Crippen LogP contribution is 2.21. The lowest BCUT2D eigenvalue weighted by Crippen LogP contribution is -2.15. The predicted octanol–water partition coefficient (Wildman–Crippen LogP) is 14.2. The molecule has 0 saturated carbocycles. The van der Waals surface area contributed by atoms with Crippen molar-refractivity contribution in [2.45, 2.75) is 218 Å². The van der Waals surface area contributed by atoms with Crippen LogP contribution in [0.3, 0.4) is 0 Å². The van der Waals surface area contributed by atoms with Crippen molar-refractivity contribution in [3.63, 3.8) is 0 Å². The number of allylic oxidation sites excluding steroid dienone is 5. The van der Waals surface area contributed by atoms with E-state index in [2.05, 4.69) is 56.8 Å². The maximum absolute atomic E-state index is 11.1. The fourth-order valence-corrected chi connectivity index (χ4v) is 6.51. The van der Waals surface area contributed by atoms with E-state index in [0.29, 0.717) is 12.5 Å². The van der Waals surface area contributed by atoms with Crippen molar-refractivity contribution in [3.8, 4) is 0 Å². The lowest BCUT2D eigenvalue weighted by Gasteiger charge is -2.21. The molecule has 1 unspecified atom stereocenters. The van der Waals surface area contributed by atoms with Gasteiger partial charge in [0.05, 0.1) is 19.0 Å². The van der Waals surface area contributed by atoms with Crippen LogP contribution in [0.5, 0.6) is 0 Å². The molecule has 0 aliphatic rings. The van der Waals surface area contributed by atoms with Gasteiger partial charge in [0.2, 0.25) is 0 Å². The summed E-state index contributed by atoms with van der Waals surface area (Å²) in [7, 11) is 5.75. The maximum Gasteiger partial charge on any atom is 0.305 e. The number of rotatable bonds is 39. The summed E-state index contributed by atoms with van der Waals surface area (Å²) in [5, 5.41) is 0. The number of unbranched alkanes of at least 4 members (excludes halogenated alkanes) is 23. The molecule has 0 saturated heterocycles. The van der Waals surface area contributed by atoms with Crippen molar-refractivity contribution in [1.82, 2.24) is 4.90 Å². The second-order valence-corrected chi connectivity index (χ2v) is 15.0. The number of nitrogens with zero attached hydrogens (tertiary/aromatic N) is 1. The molecule has 4 nitrogen and oxygen atoms in total. The van der Waals surface area contributed by atoms with Gasteiger partial charge in [-0.15, -0.1) is 0 Å². The Labute approximate surface area is 307 Å². The van der Waals surface area contributed by atoms with Crippen LogP contribution in [0, 0.1) is 0 Å². The van der Waals surface area contributed by atoms with E-state index in [1.165, 1.54) is 180 Å². The Morgan fingerprint density at radius 3 is 1.35 bits per heavy atom. The van der Waals surface area contributed by atoms with Crippen LogP contribution in [0.15, 0.2) is 36.6 Å². The zero-order valence-corrected chi connectivity index (χ0v) is 33.6. The number of ether oxygens (including phenoxy) is 2. The minimum Gasteiger partial charge on any atom is -0.495 e. The van der Waals surface area contributed by atoms with Crippen molar-refractivity contribution in [2.75, 3.05) is 27.7 Å². The van der Waals surface area contributed by atoms with Crippen molar-refractivity contribution >= 4 is 5.97 Å². The normalized spacial score (nSPS) is 12.4. The van der Waals surface area contributed by atoms with Gasteiger partial charge in [-0.1, -0.05) is 141 Å². The number of carbonyl (C=O) groups is 1. The summed E-state index contributed by atoms with van der Waals surface area (Å²) in [4.78, 5) is 13.4. The fourth-order valence-electron chi connectivity index (χ4n) is 6.51. The van der Waals surface area contributed by atoms with Crippen LogP contribution >= 0.6 is 0 Å². The Morgan fingerprint density at radius 1 is 0.551 bits per heavy atom. The van der Waals surface area contributed by atoms with Crippen LogP contribution in [0.1, 0.15) is 212 Å². The summed E-state index contributed by atoms with van der Waals surface area (Å²) in [6.45, 7) is 7.67. The summed E-state index contributed by atoms with van der Waals surface area (Å²) in [6, 6.07) is 0. The first kappa shape index (κ1) is 47.4. The van der Waals surface area contributed by atoms with Crippen molar-refractivity contribution < 1.29 is 14.3 Å². The smallest absolute Gasteiger partial charge is 0.305 e. The third-order valence-corrected chi connectivity index (χ3v) is 9.73. The summed E-state index contributed by atoms with van der Waals surface area (Å²) in [6.07, 6.45) is 50.3. The van der Waals surface area contributed by atoms with Gasteiger partial charge in [0.1, 0.15) is 0 Å². The first-order chi connectivity index (χ1) is 24.0. The molecule has 0 amide bonds. The van der Waals surface area contributed by atoms with Gasteiger partial charge in [0.15, 0.2) is 0 Å². The molecule has 288 valence electrons. The quantitative estimate of drug-likeness (QED) is 0.0279. The average Bonchev–Trinajstić information content (AvgIpc) is 3.08. The lowest BCUT2D eigenvalue weighted by molar-refractivity contribution is -0.140. The highest BCUT2D eigenvalue weighted by atomic mass is 16.5. The van der Waals surface area contributed by atoms with Crippen molar-refractivity contribution in [3.05, 3.63) is 36.6 Å². The van der Waals surface area contributed by atoms with E-state index in [1.54, 1.807) is 0 Å². The number of methoxy groups -OCH3 is 1. The standard InChI is InChI=1S/C45H85NO3/c1-6-7-8-9-10-11-12-13-14-16-19-22-25-28-31-34-39-44(49-43(2)38-37-42-46(3)4)40-35-32-29-26-23-20-17-15-18-21-24-27-30-33-36-41-45(47)48-5/h13-15,18,44H,2,6-12,16-17,19-42H2,1,3-5H3/b14-13-,18-15-. The van der Waals surface area contributed by atoms with Gasteiger partial charge in [0.25, 0.3) is 0 Å². The Bertz CT molecular complexity index is 758. The first-order valence-corrected chi connectivity index (χ1v) is 21.4. The largest absolute Gasteiger partial charge is 0.495 e. The van der Waals surface area contributed by atoms with E-state index in [0.717, 1.165) is 38.0 Å². The second-order valence-electron chi connectivity index (χ2n) is 15.0. The molecule has 49 heavy (non-hydrogen) atoms. The molecule has 0 aromatic heterocycles. The molecule has 1 atom stereocenters. The molecule has 0 spiro atoms. The molecule has 0 aromatic carbocycles. The summed E-state index contributed by atoms with van der Waals surface area (Å²) < 4.78 is 11.1. The van der Waals surface area contributed by atoms with Crippen LogP contribution in [-0.4, -0.2) is 44.7 Å². The van der Waals surface area contributed by atoms with E-state index < -0.39 is 0 Å². The molecule has 0 aromatic rings. The van der Waals surface area contributed by atoms with Crippen molar-refractivity contribution in [2.24, 2.45) is 0 Å². The molecule has 0 N–H and O–H groups in total. The highest BCUT2D eigenvalue weighted by Gasteiger charge is 2.11. The minimum absolute atomic E-state index is 0.0792. The monoisotopic (exact) mass is 688 g/mol. The molecule has 0 radical (unpaired) electrons. The molecule has 0 rings (SSSR count). The van der Waals surface area contributed by atoms with Crippen LogP contribution in [-0.2, 0) is 14.3 Å². The predicted molar refractivity (Wildman–Crippen MR) is 216 cm³/mol. The zero-order valence-electron chi connectivity index (χ0n) is 33.6. The Hall–Kier alpha value is -1.55. The Kier molecular flexibility index (Phi) is 38.0. The molecular weight excluding hydrogens is 602 g/mol. The van der Waals surface area contributed by atoms with E-state index in [1.807, 2.05) is 0 Å². The summed E-state index contributed by atoms with van der Waals surface area (Å²) >= 11 is 0. The van der Waals surface area contributed by atoms with Crippen LogP contribution in [0.2, 0.25) is 0 Å². The Balaban J connectivity index is 3.93. The zero-order chi connectivity index (χ0) is 35.9. The molecule has 0 aliphatic carbocycles. The number of carbonyl (C=O) groups excluding carboxylic acids is 1. The van der Waals surface area contributed by atoms with Crippen LogP contribution in [0.4, 0.5) is 0 Å². The molecule has 0 bridgehead atoms. The van der Waals surface area contributed by atoms with Crippen LogP contribution in [0.25, 0.3) is 0 Å². The highest BCUT2D eigenvalue weighted by molar-refractivity contribution is 5.68. The van der Waals surface area contributed by atoms with Crippen LogP contribution < -0.4 is 0 Å².